The molecule has 4 rings (SSSR count). The third-order valence-electron chi connectivity index (χ3n) is 3.97. The van der Waals surface area contributed by atoms with Gasteiger partial charge in [0.25, 0.3) is 5.56 Å². The minimum Gasteiger partial charge on any atom is -0.308 e. The summed E-state index contributed by atoms with van der Waals surface area (Å²) in [5, 5.41) is 14.4. The third kappa shape index (κ3) is 5.56. The number of carbonyl (C=O) groups excluding carboxylic acids is 1. The number of nitrogens with one attached hydrogen (secondary N) is 2. The number of nitrogens with zero attached hydrogens (tertiary/aromatic N) is 4. The van der Waals surface area contributed by atoms with E-state index in [9.17, 15) is 9.59 Å². The number of hydrogen-bond donors (Lipinski definition) is 2. The van der Waals surface area contributed by atoms with Crippen molar-refractivity contribution >= 4 is 69.0 Å². The highest BCUT2D eigenvalue weighted by molar-refractivity contribution is 8.00. The molecule has 0 unspecified atom stereocenters. The van der Waals surface area contributed by atoms with Gasteiger partial charge < -0.3 is 5.32 Å². The maximum atomic E-state index is 12.3. The zero-order chi connectivity index (χ0) is 21.8. The Kier molecular flexibility index (Phi) is 6.76. The summed E-state index contributed by atoms with van der Waals surface area (Å²) in [7, 11) is 0. The summed E-state index contributed by atoms with van der Waals surface area (Å²) in [4.78, 5) is 30.0. The van der Waals surface area contributed by atoms with Crippen molar-refractivity contribution in [1.82, 2.24) is 19.6 Å². The molecular weight excluding hydrogens is 476 g/mol. The van der Waals surface area contributed by atoms with E-state index in [0.717, 1.165) is 4.90 Å². The van der Waals surface area contributed by atoms with Crippen LogP contribution in [0.3, 0.4) is 0 Å². The van der Waals surface area contributed by atoms with E-state index in [0.29, 0.717) is 37.3 Å². The van der Waals surface area contributed by atoms with Gasteiger partial charge in [-0.2, -0.15) is 0 Å². The first-order valence-corrected chi connectivity index (χ1v) is 12.3. The highest BCUT2D eigenvalue weighted by atomic mass is 35.5. The van der Waals surface area contributed by atoms with Crippen molar-refractivity contribution in [1.29, 1.82) is 0 Å². The number of fused-ring (bicyclic) bond motifs is 1. The molecule has 0 bridgehead atoms. The highest BCUT2D eigenvalue weighted by Gasteiger charge is 2.11. The van der Waals surface area contributed by atoms with E-state index in [1.165, 1.54) is 39.8 Å². The van der Waals surface area contributed by atoms with Crippen LogP contribution >= 0.6 is 46.5 Å². The number of amides is 2. The Hall–Kier alpha value is -2.60. The molecule has 3 heterocycles. The summed E-state index contributed by atoms with van der Waals surface area (Å²) < 4.78 is 2.05. The average molecular weight is 491 g/mol. The lowest BCUT2D eigenvalue weighted by atomic mass is 10.3. The Morgan fingerprint density at radius 2 is 2.06 bits per heavy atom. The minimum atomic E-state index is -0.395. The second-order valence-electron chi connectivity index (χ2n) is 6.13. The van der Waals surface area contributed by atoms with E-state index < -0.39 is 6.03 Å². The molecule has 3 aromatic heterocycles. The summed E-state index contributed by atoms with van der Waals surface area (Å²) >= 11 is 10.2. The van der Waals surface area contributed by atoms with Crippen molar-refractivity contribution in [2.45, 2.75) is 15.0 Å². The van der Waals surface area contributed by atoms with Crippen molar-refractivity contribution < 1.29 is 4.79 Å². The van der Waals surface area contributed by atoms with Gasteiger partial charge in [-0.05, 0) is 36.6 Å². The topological polar surface area (TPSA) is 101 Å². The van der Waals surface area contributed by atoms with Gasteiger partial charge in [-0.3, -0.25) is 14.5 Å². The number of halogens is 1. The Labute approximate surface area is 194 Å². The lowest BCUT2D eigenvalue weighted by Gasteiger charge is -2.06. The second-order valence-corrected chi connectivity index (χ2v) is 9.65. The smallest absolute Gasteiger partial charge is 0.308 e. The van der Waals surface area contributed by atoms with Gasteiger partial charge in [0.1, 0.15) is 5.65 Å². The van der Waals surface area contributed by atoms with Crippen LogP contribution in [-0.4, -0.2) is 31.9 Å². The van der Waals surface area contributed by atoms with Crippen LogP contribution in [0.2, 0.25) is 5.02 Å². The molecule has 12 heteroatoms. The molecule has 0 aliphatic rings. The van der Waals surface area contributed by atoms with Gasteiger partial charge in [0, 0.05) is 28.6 Å². The van der Waals surface area contributed by atoms with E-state index in [1.54, 1.807) is 23.9 Å². The van der Waals surface area contributed by atoms with Crippen molar-refractivity contribution in [3.8, 4) is 0 Å². The fourth-order valence-electron chi connectivity index (χ4n) is 2.61. The van der Waals surface area contributed by atoms with Crippen LogP contribution in [0.4, 0.5) is 15.6 Å². The van der Waals surface area contributed by atoms with E-state index in [4.69, 9.17) is 11.6 Å². The highest BCUT2D eigenvalue weighted by Crippen LogP contribution is 2.28. The maximum absolute atomic E-state index is 12.3. The zero-order valence-corrected chi connectivity index (χ0v) is 19.2. The van der Waals surface area contributed by atoms with Crippen molar-refractivity contribution in [2.75, 3.05) is 16.9 Å². The van der Waals surface area contributed by atoms with Gasteiger partial charge in [-0.25, -0.2) is 9.78 Å². The second kappa shape index (κ2) is 9.69. The number of benzene rings is 1. The molecule has 0 aliphatic carbocycles. The van der Waals surface area contributed by atoms with Gasteiger partial charge in [0.15, 0.2) is 4.34 Å². The molecule has 0 aliphatic heterocycles. The van der Waals surface area contributed by atoms with Crippen LogP contribution < -0.4 is 16.2 Å². The van der Waals surface area contributed by atoms with Gasteiger partial charge in [0.2, 0.25) is 5.13 Å². The monoisotopic (exact) mass is 490 g/mol. The maximum Gasteiger partial charge on any atom is 0.325 e. The molecular formula is C19H15ClN6O2S3. The summed E-state index contributed by atoms with van der Waals surface area (Å²) in [6.45, 7) is 0. The van der Waals surface area contributed by atoms with E-state index in [2.05, 4.69) is 25.8 Å². The van der Waals surface area contributed by atoms with Gasteiger partial charge in [0.05, 0.1) is 10.7 Å². The Balaban J connectivity index is 1.37. The lowest BCUT2D eigenvalue weighted by molar-refractivity contribution is 0.262. The molecule has 2 amide bonds. The largest absolute Gasteiger partial charge is 0.325 e. The van der Waals surface area contributed by atoms with Gasteiger partial charge in [-0.15, -0.1) is 22.0 Å². The molecule has 8 nitrogen and oxygen atoms in total. The van der Waals surface area contributed by atoms with Crippen LogP contribution in [0.5, 0.6) is 0 Å². The predicted octanol–water partition coefficient (Wildman–Crippen LogP) is 4.86. The Morgan fingerprint density at radius 1 is 1.19 bits per heavy atom. The number of anilines is 2. The van der Waals surface area contributed by atoms with Crippen molar-refractivity contribution in [2.24, 2.45) is 0 Å². The third-order valence-corrected chi connectivity index (χ3v) is 6.93. The van der Waals surface area contributed by atoms with Crippen molar-refractivity contribution in [3.63, 3.8) is 0 Å². The van der Waals surface area contributed by atoms with E-state index in [1.807, 2.05) is 30.5 Å². The first-order chi connectivity index (χ1) is 15.0. The molecule has 0 radical (unpaired) electrons. The van der Waals surface area contributed by atoms with Crippen LogP contribution in [0.1, 0.15) is 5.69 Å². The molecule has 0 spiro atoms. The number of hydrogen-bond acceptors (Lipinski definition) is 8. The SMILES string of the molecule is CSc1cccc(NC(=O)Nc2nnc(SCc3cc(=O)n4cc(Cl)ccc4n3)s2)c1. The first-order valence-electron chi connectivity index (χ1n) is 8.86. The number of carbonyl (C=O) groups is 1. The molecule has 0 saturated carbocycles. The average Bonchev–Trinajstić information content (AvgIpc) is 3.20. The number of pyridine rings is 1. The van der Waals surface area contributed by atoms with Crippen LogP contribution in [-0.2, 0) is 5.75 Å². The molecule has 31 heavy (non-hydrogen) atoms. The molecule has 0 fully saturated rings. The standard InChI is InChI=1S/C19H15ClN6O2S3/c1-29-14-4-2-3-12(7-14)22-17(28)23-18-24-25-19(31-18)30-10-13-8-16(27)26-9-11(20)5-6-15(26)21-13/h2-9H,10H2,1H3,(H2,22,23,24,28). The number of thioether (sulfide) groups is 2. The number of rotatable bonds is 6. The normalized spacial score (nSPS) is 10.9. The van der Waals surface area contributed by atoms with Crippen LogP contribution in [0.25, 0.3) is 5.65 Å². The minimum absolute atomic E-state index is 0.204. The summed E-state index contributed by atoms with van der Waals surface area (Å²) in [6, 6.07) is 12.0. The van der Waals surface area contributed by atoms with E-state index in [-0.39, 0.29) is 5.56 Å². The lowest BCUT2D eigenvalue weighted by Crippen LogP contribution is -2.19. The molecule has 4 aromatic rings. The van der Waals surface area contributed by atoms with Gasteiger partial charge >= 0.3 is 6.03 Å². The summed E-state index contributed by atoms with van der Waals surface area (Å²) in [5.74, 6) is 0.441. The molecule has 1 aromatic carbocycles. The predicted molar refractivity (Wildman–Crippen MR) is 127 cm³/mol. The fraction of sp³-hybridized carbons (Fsp3) is 0.105. The molecule has 0 saturated heterocycles. The number of urea groups is 1. The van der Waals surface area contributed by atoms with Crippen LogP contribution in [0, 0.1) is 0 Å². The molecule has 0 atom stereocenters. The summed E-state index contributed by atoms with van der Waals surface area (Å²) in [6.07, 6.45) is 3.51. The molecule has 2 N–H and O–H groups in total. The van der Waals surface area contributed by atoms with E-state index >= 15 is 0 Å². The fourth-order valence-corrected chi connectivity index (χ4v) is 4.87. The zero-order valence-electron chi connectivity index (χ0n) is 16.0. The number of aromatic nitrogens is 4. The Morgan fingerprint density at radius 3 is 2.90 bits per heavy atom. The van der Waals surface area contributed by atoms with Crippen molar-refractivity contribution in [3.05, 3.63) is 69.7 Å². The molecule has 158 valence electrons. The Bertz CT molecular complexity index is 1310. The van der Waals surface area contributed by atoms with Crippen LogP contribution in [0.15, 0.2) is 62.7 Å². The summed E-state index contributed by atoms with van der Waals surface area (Å²) in [5.41, 5.74) is 1.63. The van der Waals surface area contributed by atoms with Gasteiger partial charge in [-0.1, -0.05) is 40.8 Å². The first kappa shape index (κ1) is 21.6. The quantitative estimate of drug-likeness (QED) is 0.294.